The molecule has 0 fully saturated rings. The van der Waals surface area contributed by atoms with Gasteiger partial charge in [0.05, 0.1) is 0 Å². The van der Waals surface area contributed by atoms with Gasteiger partial charge in [-0.3, -0.25) is 0 Å². The molecule has 5 heavy (non-hydrogen) atoms. The molecule has 0 heterocycles. The first kappa shape index (κ1) is 128. The Kier molecular flexibility index (Phi) is 1790. The van der Waals surface area contributed by atoms with Gasteiger partial charge in [-0.05, 0) is 0 Å². The zero-order valence-electron chi connectivity index (χ0n) is 5.30. The zero-order valence-corrected chi connectivity index (χ0v) is 5.24. The van der Waals surface area contributed by atoms with Gasteiger partial charge in [-0.15, -0.1) is 0 Å². The summed E-state index contributed by atoms with van der Waals surface area (Å²) in [4.78, 5) is 0. The third-order valence-electron chi connectivity index (χ3n) is 0. The largest absolute Gasteiger partial charge is 1.00 e. The molecule has 0 aromatic rings. The summed E-state index contributed by atoms with van der Waals surface area (Å²) in [5.41, 5.74) is 0. The Labute approximate surface area is 59.9 Å². The fourth-order valence-corrected chi connectivity index (χ4v) is 0. The minimum absolute atomic E-state index is 0. The molecule has 0 aromatic heterocycles. The predicted molar refractivity (Wildman–Crippen MR) is 20.4 cm³/mol. The number of rotatable bonds is 0. The van der Waals surface area contributed by atoms with Crippen LogP contribution in [-0.4, -0.2) is 0 Å². The van der Waals surface area contributed by atoms with Crippen molar-refractivity contribution in [2.75, 3.05) is 0 Å². The minimum Gasteiger partial charge on any atom is -1.00 e. The molecule has 2 heteroatoms. The molecule has 0 amide bonds. The fraction of sp³-hybridized carbons (Fsp3) is 0. The topological polar surface area (TPSA) is 0 Å². The van der Waals surface area contributed by atoms with Crippen molar-refractivity contribution in [2.45, 2.75) is 0 Å². The average Bonchev–Trinajstić information content (AvgIpc) is 0. The van der Waals surface area contributed by atoms with Crippen molar-refractivity contribution in [3.8, 4) is 0 Å². The Balaban J connectivity index is 0. The summed E-state index contributed by atoms with van der Waals surface area (Å²) in [7, 11) is 0. The van der Waals surface area contributed by atoms with Crippen molar-refractivity contribution in [1.29, 1.82) is 0 Å². The van der Waals surface area contributed by atoms with Crippen LogP contribution in [0.2, 0.25) is 0 Å². The molecular formula is C3H10CuLi-3. The molecule has 0 rings (SSSR count). The van der Waals surface area contributed by atoms with Gasteiger partial charge in [0, 0.05) is 17.1 Å². The first-order valence-electron chi connectivity index (χ1n) is 0. The van der Waals surface area contributed by atoms with Gasteiger partial charge in [0.25, 0.3) is 0 Å². The van der Waals surface area contributed by atoms with Crippen LogP contribution >= 0.6 is 0 Å². The van der Waals surface area contributed by atoms with E-state index in [4.69, 9.17) is 0 Å². The van der Waals surface area contributed by atoms with Gasteiger partial charge in [-0.25, -0.2) is 0 Å². The van der Waals surface area contributed by atoms with Crippen molar-refractivity contribution in [1.82, 2.24) is 0 Å². The molecule has 0 saturated heterocycles. The van der Waals surface area contributed by atoms with Crippen LogP contribution < -0.4 is 18.9 Å². The van der Waals surface area contributed by atoms with Gasteiger partial charge in [-0.1, -0.05) is 0 Å². The zero-order chi connectivity index (χ0) is 0. The van der Waals surface area contributed by atoms with Gasteiger partial charge in [0.1, 0.15) is 0 Å². The summed E-state index contributed by atoms with van der Waals surface area (Å²) in [6.45, 7) is 0. The normalized spacial score (nSPS) is 0. The molecule has 1 radical (unpaired) electrons. The summed E-state index contributed by atoms with van der Waals surface area (Å²) in [6.07, 6.45) is 0. The summed E-state index contributed by atoms with van der Waals surface area (Å²) in [5, 5.41) is 0. The van der Waals surface area contributed by atoms with E-state index in [2.05, 4.69) is 0 Å². The molecule has 0 aromatic carbocycles. The second kappa shape index (κ2) is 69.5. The molecule has 0 nitrogen and oxygen atoms in total. The Hall–Kier alpha value is 1.12. The Morgan fingerprint density at radius 1 is 0.800 bits per heavy atom. The van der Waals surface area contributed by atoms with Crippen LogP contribution in [0.5, 0.6) is 0 Å². The van der Waals surface area contributed by atoms with Crippen LogP contribution in [0.3, 0.4) is 0 Å². The van der Waals surface area contributed by atoms with Crippen LogP contribution in [0.1, 0.15) is 1.43 Å². The van der Waals surface area contributed by atoms with Crippen LogP contribution in [0.15, 0.2) is 0 Å². The van der Waals surface area contributed by atoms with Crippen molar-refractivity contribution in [2.24, 2.45) is 0 Å². The second-order valence-electron chi connectivity index (χ2n) is 0. The minimum atomic E-state index is 0. The predicted octanol–water partition coefficient (Wildman–Crippen LogP) is -1.54. The van der Waals surface area contributed by atoms with Crippen LogP contribution in [0.4, 0.5) is 0 Å². The van der Waals surface area contributed by atoms with E-state index in [-0.39, 0.29) is 59.6 Å². The quantitative estimate of drug-likeness (QED) is 0.266. The molecule has 0 spiro atoms. The first-order chi connectivity index (χ1) is 0. The van der Waals surface area contributed by atoms with Gasteiger partial charge in [0.15, 0.2) is 0 Å². The van der Waals surface area contributed by atoms with Crippen LogP contribution in [0, 0.1) is 22.3 Å². The van der Waals surface area contributed by atoms with Gasteiger partial charge < -0.3 is 23.7 Å². The van der Waals surface area contributed by atoms with E-state index in [0.717, 1.165) is 0 Å². The van der Waals surface area contributed by atoms with Crippen LogP contribution in [-0.2, 0) is 17.1 Å². The van der Waals surface area contributed by atoms with E-state index in [1.807, 2.05) is 0 Å². The van der Waals surface area contributed by atoms with E-state index in [0.29, 0.717) is 0 Å². The Morgan fingerprint density at radius 3 is 0.800 bits per heavy atom. The average molecular weight is 117 g/mol. The monoisotopic (exact) mass is 116 g/mol. The standard InChI is InChI=1S/3CH3.Cu.Li.H/h3*1H3;;;/q3*-1;;+1;-1. The van der Waals surface area contributed by atoms with Gasteiger partial charge in [-0.2, -0.15) is 0 Å². The van der Waals surface area contributed by atoms with Crippen molar-refractivity contribution in [3.05, 3.63) is 22.3 Å². The Bertz CT molecular complexity index is 10.8. The molecule has 0 atom stereocenters. The van der Waals surface area contributed by atoms with E-state index < -0.39 is 0 Å². The number of hydrogen-bond donors (Lipinski definition) is 0. The van der Waals surface area contributed by atoms with Crippen molar-refractivity contribution in [3.63, 3.8) is 0 Å². The molecule has 0 unspecified atom stereocenters. The maximum absolute atomic E-state index is 0. The summed E-state index contributed by atoms with van der Waals surface area (Å²) < 4.78 is 0. The molecule has 37 valence electrons. The summed E-state index contributed by atoms with van der Waals surface area (Å²) in [6, 6.07) is 0. The van der Waals surface area contributed by atoms with Gasteiger partial charge in [0.2, 0.25) is 0 Å². The third kappa shape index (κ3) is 39.9. The second-order valence-corrected chi connectivity index (χ2v) is 0. The van der Waals surface area contributed by atoms with E-state index in [1.54, 1.807) is 0 Å². The maximum atomic E-state index is 0. The van der Waals surface area contributed by atoms with Crippen molar-refractivity contribution < 1.29 is 37.4 Å². The first-order valence-corrected chi connectivity index (χ1v) is 0. The molecule has 0 aliphatic heterocycles. The van der Waals surface area contributed by atoms with Crippen LogP contribution in [0.25, 0.3) is 0 Å². The smallest absolute Gasteiger partial charge is 1.00 e. The summed E-state index contributed by atoms with van der Waals surface area (Å²) in [5.74, 6) is 0. The molecule has 0 N–H and O–H groups in total. The summed E-state index contributed by atoms with van der Waals surface area (Å²) >= 11 is 0. The van der Waals surface area contributed by atoms with E-state index in [9.17, 15) is 0 Å². The van der Waals surface area contributed by atoms with Crippen molar-refractivity contribution >= 4 is 0 Å². The number of hydrogen-bond acceptors (Lipinski definition) is 0. The van der Waals surface area contributed by atoms with E-state index >= 15 is 0 Å². The molecule has 0 aliphatic carbocycles. The Morgan fingerprint density at radius 2 is 0.800 bits per heavy atom. The molecular weight excluding hydrogens is 107 g/mol. The maximum Gasteiger partial charge on any atom is 1.00 e. The van der Waals surface area contributed by atoms with Gasteiger partial charge >= 0.3 is 18.9 Å². The molecule has 0 aliphatic rings. The molecule has 0 bridgehead atoms. The molecule has 0 saturated carbocycles. The third-order valence-corrected chi connectivity index (χ3v) is 0. The van der Waals surface area contributed by atoms with E-state index in [1.165, 1.54) is 0 Å². The SMILES string of the molecule is [CH3-].[CH3-].[CH3-].[Cu].[H-].[Li+]. The fourth-order valence-electron chi connectivity index (χ4n) is 0.